The van der Waals surface area contributed by atoms with Crippen LogP contribution in [0.25, 0.3) is 11.1 Å². The monoisotopic (exact) mass is 391 g/mol. The Kier molecular flexibility index (Phi) is 6.61. The minimum Gasteiger partial charge on any atom is -0.311 e. The lowest BCUT2D eigenvalue weighted by molar-refractivity contribution is 0.717. The Balaban J connectivity index is 1.58. The quantitative estimate of drug-likeness (QED) is 0.272. The van der Waals surface area contributed by atoms with E-state index in [9.17, 15) is 0 Å². The van der Waals surface area contributed by atoms with Gasteiger partial charge in [0.2, 0.25) is 0 Å². The van der Waals surface area contributed by atoms with Gasteiger partial charge in [-0.25, -0.2) is 0 Å². The fraction of sp³-hybridized carbons (Fsp3) is 0.172. The van der Waals surface area contributed by atoms with E-state index in [1.165, 1.54) is 42.4 Å². The summed E-state index contributed by atoms with van der Waals surface area (Å²) >= 11 is 0. The Hall–Kier alpha value is -3.32. The van der Waals surface area contributed by atoms with Crippen molar-refractivity contribution in [3.05, 3.63) is 115 Å². The minimum atomic E-state index is 1.16. The van der Waals surface area contributed by atoms with Gasteiger partial charge in [-0.05, 0) is 65.9 Å². The number of hydrogen-bond acceptors (Lipinski definition) is 1. The minimum absolute atomic E-state index is 1.16. The molecule has 0 saturated carbocycles. The molecule has 0 aromatic heterocycles. The van der Waals surface area contributed by atoms with Crippen molar-refractivity contribution in [3.8, 4) is 11.1 Å². The predicted molar refractivity (Wildman–Crippen MR) is 130 cm³/mol. The maximum absolute atomic E-state index is 2.29. The van der Waals surface area contributed by atoms with E-state index < -0.39 is 0 Å². The Labute approximate surface area is 180 Å². The first-order valence-corrected chi connectivity index (χ1v) is 10.9. The van der Waals surface area contributed by atoms with Crippen LogP contribution in [0.2, 0.25) is 0 Å². The van der Waals surface area contributed by atoms with Gasteiger partial charge in [-0.1, -0.05) is 92.6 Å². The molecule has 0 bridgehead atoms. The molecule has 0 fully saturated rings. The molecule has 30 heavy (non-hydrogen) atoms. The van der Waals surface area contributed by atoms with Crippen LogP contribution in [0.1, 0.15) is 31.7 Å². The van der Waals surface area contributed by atoms with Crippen molar-refractivity contribution in [2.24, 2.45) is 0 Å². The molecule has 0 atom stereocenters. The van der Waals surface area contributed by atoms with E-state index in [0.717, 1.165) is 17.1 Å². The fourth-order valence-electron chi connectivity index (χ4n) is 3.85. The van der Waals surface area contributed by atoms with E-state index in [4.69, 9.17) is 0 Å². The molecule has 1 nitrogen and oxygen atoms in total. The summed E-state index contributed by atoms with van der Waals surface area (Å²) in [4.78, 5) is 2.29. The van der Waals surface area contributed by atoms with E-state index in [2.05, 4.69) is 121 Å². The number of hydrogen-bond donors (Lipinski definition) is 0. The van der Waals surface area contributed by atoms with Crippen LogP contribution in [0, 0.1) is 0 Å². The SMILES string of the molecule is CCCCCc1ccc(-c2ccc(N(c3ccccc3)c3ccccc3)cc2)cc1. The Morgan fingerprint density at radius 3 is 1.47 bits per heavy atom. The summed E-state index contributed by atoms with van der Waals surface area (Å²) in [6.07, 6.45) is 5.03. The molecule has 1 heteroatoms. The van der Waals surface area contributed by atoms with Crippen molar-refractivity contribution >= 4 is 17.1 Å². The summed E-state index contributed by atoms with van der Waals surface area (Å²) in [5.41, 5.74) is 7.43. The average Bonchev–Trinajstić information content (AvgIpc) is 2.82. The average molecular weight is 392 g/mol. The Bertz CT molecular complexity index is 980. The second-order valence-electron chi connectivity index (χ2n) is 7.71. The lowest BCUT2D eigenvalue weighted by Crippen LogP contribution is -2.09. The highest BCUT2D eigenvalue weighted by atomic mass is 15.1. The lowest BCUT2D eigenvalue weighted by Gasteiger charge is -2.25. The second kappa shape index (κ2) is 9.93. The maximum atomic E-state index is 2.29. The zero-order valence-electron chi connectivity index (χ0n) is 17.7. The molecule has 0 aliphatic rings. The van der Waals surface area contributed by atoms with Gasteiger partial charge in [-0.3, -0.25) is 0 Å². The topological polar surface area (TPSA) is 3.24 Å². The molecule has 0 unspecified atom stereocenters. The Morgan fingerprint density at radius 2 is 0.967 bits per heavy atom. The van der Waals surface area contributed by atoms with Crippen LogP contribution >= 0.6 is 0 Å². The number of aryl methyl sites for hydroxylation is 1. The number of rotatable bonds is 8. The Morgan fingerprint density at radius 1 is 0.500 bits per heavy atom. The van der Waals surface area contributed by atoms with Crippen LogP contribution < -0.4 is 4.90 Å². The third-order valence-corrected chi connectivity index (χ3v) is 5.51. The van der Waals surface area contributed by atoms with Crippen molar-refractivity contribution in [1.82, 2.24) is 0 Å². The molecular weight excluding hydrogens is 362 g/mol. The molecule has 0 radical (unpaired) electrons. The first-order chi connectivity index (χ1) is 14.8. The fourth-order valence-corrected chi connectivity index (χ4v) is 3.85. The maximum Gasteiger partial charge on any atom is 0.0462 e. The van der Waals surface area contributed by atoms with Gasteiger partial charge in [-0.2, -0.15) is 0 Å². The molecule has 4 aromatic rings. The third-order valence-electron chi connectivity index (χ3n) is 5.51. The van der Waals surface area contributed by atoms with Crippen molar-refractivity contribution in [2.45, 2.75) is 32.6 Å². The number of nitrogens with zero attached hydrogens (tertiary/aromatic N) is 1. The molecule has 0 saturated heterocycles. The van der Waals surface area contributed by atoms with Gasteiger partial charge in [0.15, 0.2) is 0 Å². The molecular formula is C29H29N. The van der Waals surface area contributed by atoms with E-state index >= 15 is 0 Å². The van der Waals surface area contributed by atoms with Crippen LogP contribution in [0.15, 0.2) is 109 Å². The van der Waals surface area contributed by atoms with E-state index in [1.807, 2.05) is 0 Å². The molecule has 150 valence electrons. The molecule has 4 aromatic carbocycles. The standard InChI is InChI=1S/C29H29N/c1-2-3-6-11-24-16-18-25(19-17-24)26-20-22-29(23-21-26)30(27-12-7-4-8-13-27)28-14-9-5-10-15-28/h4-5,7-10,12-23H,2-3,6,11H2,1H3. The molecule has 0 spiro atoms. The summed E-state index contributed by atoms with van der Waals surface area (Å²) in [5, 5.41) is 0. The second-order valence-corrected chi connectivity index (χ2v) is 7.71. The summed E-state index contributed by atoms with van der Waals surface area (Å²) in [7, 11) is 0. The van der Waals surface area contributed by atoms with Gasteiger partial charge in [0.05, 0.1) is 0 Å². The number of unbranched alkanes of at least 4 members (excludes halogenated alkanes) is 2. The number of benzene rings is 4. The van der Waals surface area contributed by atoms with Crippen LogP contribution in [0.3, 0.4) is 0 Å². The summed E-state index contributed by atoms with van der Waals surface area (Å²) in [6, 6.07) is 39.0. The van der Waals surface area contributed by atoms with Crippen molar-refractivity contribution in [3.63, 3.8) is 0 Å². The van der Waals surface area contributed by atoms with E-state index in [-0.39, 0.29) is 0 Å². The highest BCUT2D eigenvalue weighted by Crippen LogP contribution is 2.35. The van der Waals surface area contributed by atoms with Gasteiger partial charge in [0.25, 0.3) is 0 Å². The van der Waals surface area contributed by atoms with Gasteiger partial charge in [0.1, 0.15) is 0 Å². The van der Waals surface area contributed by atoms with E-state index in [0.29, 0.717) is 0 Å². The van der Waals surface area contributed by atoms with Crippen LogP contribution in [-0.4, -0.2) is 0 Å². The smallest absolute Gasteiger partial charge is 0.0462 e. The summed E-state index contributed by atoms with van der Waals surface area (Å²) in [6.45, 7) is 2.25. The molecule has 0 heterocycles. The van der Waals surface area contributed by atoms with Crippen LogP contribution in [0.5, 0.6) is 0 Å². The van der Waals surface area contributed by atoms with Crippen molar-refractivity contribution in [2.75, 3.05) is 4.90 Å². The number of para-hydroxylation sites is 2. The first kappa shape index (κ1) is 20.0. The van der Waals surface area contributed by atoms with Crippen molar-refractivity contribution < 1.29 is 0 Å². The summed E-state index contributed by atoms with van der Waals surface area (Å²) in [5.74, 6) is 0. The third kappa shape index (κ3) is 4.80. The highest BCUT2D eigenvalue weighted by Gasteiger charge is 2.11. The first-order valence-electron chi connectivity index (χ1n) is 10.9. The van der Waals surface area contributed by atoms with Crippen LogP contribution in [0.4, 0.5) is 17.1 Å². The van der Waals surface area contributed by atoms with Gasteiger partial charge in [-0.15, -0.1) is 0 Å². The zero-order valence-corrected chi connectivity index (χ0v) is 17.7. The molecule has 0 N–H and O–H groups in total. The molecule has 0 aliphatic heterocycles. The van der Waals surface area contributed by atoms with Gasteiger partial charge < -0.3 is 4.90 Å². The molecule has 4 rings (SSSR count). The largest absolute Gasteiger partial charge is 0.311 e. The van der Waals surface area contributed by atoms with Crippen LogP contribution in [-0.2, 0) is 6.42 Å². The summed E-state index contributed by atoms with van der Waals surface area (Å²) < 4.78 is 0. The van der Waals surface area contributed by atoms with Gasteiger partial charge >= 0.3 is 0 Å². The van der Waals surface area contributed by atoms with E-state index in [1.54, 1.807) is 0 Å². The molecule has 0 aliphatic carbocycles. The molecule has 0 amide bonds. The van der Waals surface area contributed by atoms with Gasteiger partial charge in [0, 0.05) is 17.1 Å². The number of anilines is 3. The zero-order chi connectivity index (χ0) is 20.6. The lowest BCUT2D eigenvalue weighted by atomic mass is 10.0. The normalized spacial score (nSPS) is 10.7. The highest BCUT2D eigenvalue weighted by molar-refractivity contribution is 5.78. The predicted octanol–water partition coefficient (Wildman–Crippen LogP) is 8.56. The van der Waals surface area contributed by atoms with Crippen molar-refractivity contribution in [1.29, 1.82) is 0 Å².